The average Bonchev–Trinajstić information content (AvgIpc) is 2.33. The van der Waals surface area contributed by atoms with Crippen LogP contribution in [0.2, 0.25) is 0 Å². The fraction of sp³-hybridized carbons (Fsp3) is 0.875. The first kappa shape index (κ1) is 13.5. The molecule has 1 nitrogen and oxygen atoms in total. The molecule has 0 amide bonds. The molecule has 0 aliphatic carbocycles. The van der Waals surface area contributed by atoms with Crippen molar-refractivity contribution in [2.45, 2.75) is 26.7 Å². The summed E-state index contributed by atoms with van der Waals surface area (Å²) in [6.07, 6.45) is 5.12. The van der Waals surface area contributed by atoms with Crippen molar-refractivity contribution in [1.82, 2.24) is 0 Å². The van der Waals surface area contributed by atoms with E-state index in [1.54, 1.807) is 0 Å². The Balaban J connectivity index is 0.000000292. The van der Waals surface area contributed by atoms with Crippen molar-refractivity contribution in [3.8, 4) is 0 Å². The first-order chi connectivity index (χ1) is 6.29. The summed E-state index contributed by atoms with van der Waals surface area (Å²) in [7, 11) is -6.00. The predicted octanol–water partition coefficient (Wildman–Crippen LogP) is 2.82. The Morgan fingerprint density at radius 3 is 1.71 bits per heavy atom. The maximum Gasteiger partial charge on any atom is 0.673 e. The average molecular weight is 213 g/mol. The summed E-state index contributed by atoms with van der Waals surface area (Å²) in [6, 6.07) is 0. The summed E-state index contributed by atoms with van der Waals surface area (Å²) in [5.41, 5.74) is 0. The van der Waals surface area contributed by atoms with Gasteiger partial charge in [-0.15, -0.1) is 0 Å². The summed E-state index contributed by atoms with van der Waals surface area (Å²) >= 11 is 0. The lowest BCUT2D eigenvalue weighted by atomic mass is 10.2. The quantitative estimate of drug-likeness (QED) is 0.358. The lowest BCUT2D eigenvalue weighted by molar-refractivity contribution is -0.503. The monoisotopic (exact) mass is 213 g/mol. The van der Waals surface area contributed by atoms with Gasteiger partial charge in [0.1, 0.15) is 19.3 Å². The molecule has 1 heterocycles. The summed E-state index contributed by atoms with van der Waals surface area (Å²) in [5.74, 6) is 0.725. The molecule has 1 fully saturated rings. The molecule has 0 N–H and O–H groups in total. The highest BCUT2D eigenvalue weighted by Crippen LogP contribution is 2.06. The van der Waals surface area contributed by atoms with E-state index in [4.69, 9.17) is 0 Å². The molecule has 84 valence electrons. The van der Waals surface area contributed by atoms with E-state index in [0.717, 1.165) is 5.92 Å². The van der Waals surface area contributed by atoms with E-state index in [9.17, 15) is 17.3 Å². The minimum atomic E-state index is -6.00. The lowest BCUT2D eigenvalue weighted by Gasteiger charge is -1.94. The molecule has 0 bridgehead atoms. The van der Waals surface area contributed by atoms with Crippen LogP contribution in [0.1, 0.15) is 26.7 Å². The van der Waals surface area contributed by atoms with Gasteiger partial charge in [-0.2, -0.15) is 0 Å². The summed E-state index contributed by atoms with van der Waals surface area (Å²) < 4.78 is 41.4. The van der Waals surface area contributed by atoms with Crippen molar-refractivity contribution in [3.63, 3.8) is 0 Å². The van der Waals surface area contributed by atoms with Crippen LogP contribution in [0.3, 0.4) is 0 Å². The number of halogens is 4. The second-order valence-corrected chi connectivity index (χ2v) is 3.63. The molecule has 14 heavy (non-hydrogen) atoms. The van der Waals surface area contributed by atoms with E-state index in [0.29, 0.717) is 0 Å². The molecule has 1 aliphatic heterocycles. The van der Waals surface area contributed by atoms with Crippen molar-refractivity contribution in [2.24, 2.45) is 5.92 Å². The zero-order chi connectivity index (χ0) is 11.2. The van der Waals surface area contributed by atoms with Crippen molar-refractivity contribution in [1.29, 1.82) is 0 Å². The molecule has 1 rings (SSSR count). The molecule has 0 aromatic carbocycles. The molecule has 0 atom stereocenters. The van der Waals surface area contributed by atoms with E-state index in [1.807, 2.05) is 0 Å². The third-order valence-electron chi connectivity index (χ3n) is 1.65. The summed E-state index contributed by atoms with van der Waals surface area (Å²) in [5, 5.41) is 0. The number of hydrogen-bond donors (Lipinski definition) is 0. The number of nitrogens with zero attached hydrogens (tertiary/aromatic N) is 1. The molecular weight excluding hydrogens is 197 g/mol. The Morgan fingerprint density at radius 2 is 1.43 bits per heavy atom. The van der Waals surface area contributed by atoms with Crippen LogP contribution in [0.15, 0.2) is 0 Å². The second kappa shape index (κ2) is 6.04. The third-order valence-corrected chi connectivity index (χ3v) is 1.65. The molecule has 0 spiro atoms. The molecular formula is C8H16BF4N. The fourth-order valence-electron chi connectivity index (χ4n) is 1.31. The van der Waals surface area contributed by atoms with Crippen LogP contribution in [0.4, 0.5) is 17.3 Å². The molecule has 1 saturated heterocycles. The maximum absolute atomic E-state index is 9.75. The van der Waals surface area contributed by atoms with Crippen molar-refractivity contribution in [3.05, 3.63) is 0 Å². The zero-order valence-electron chi connectivity index (χ0n) is 8.52. The maximum atomic E-state index is 9.75. The van der Waals surface area contributed by atoms with Gasteiger partial charge >= 0.3 is 7.25 Å². The van der Waals surface area contributed by atoms with Crippen LogP contribution in [-0.4, -0.2) is 31.1 Å². The zero-order valence-corrected chi connectivity index (χ0v) is 8.52. The highest BCUT2D eigenvalue weighted by Gasteiger charge is 2.20. The molecule has 0 unspecified atom stereocenters. The highest BCUT2D eigenvalue weighted by molar-refractivity contribution is 6.50. The van der Waals surface area contributed by atoms with Gasteiger partial charge in [0.25, 0.3) is 0 Å². The smallest absolute Gasteiger partial charge is 0.418 e. The third kappa shape index (κ3) is 11.5. The lowest BCUT2D eigenvalue weighted by Crippen LogP contribution is -2.10. The Hall–Kier alpha value is -0.545. The number of hydrogen-bond acceptors (Lipinski definition) is 0. The summed E-state index contributed by atoms with van der Waals surface area (Å²) in [4.78, 5) is 0. The molecule has 0 saturated carbocycles. The van der Waals surface area contributed by atoms with Gasteiger partial charge < -0.3 is 17.3 Å². The normalized spacial score (nSPS) is 16.6. The van der Waals surface area contributed by atoms with Gasteiger partial charge in [-0.25, -0.2) is 4.58 Å². The first-order valence-electron chi connectivity index (χ1n) is 4.75. The minimum absolute atomic E-state index is 0.725. The van der Waals surface area contributed by atoms with Gasteiger partial charge in [0, 0.05) is 18.8 Å². The van der Waals surface area contributed by atoms with E-state index in [1.165, 1.54) is 25.9 Å². The van der Waals surface area contributed by atoms with Crippen LogP contribution in [0, 0.1) is 5.92 Å². The fourth-order valence-corrected chi connectivity index (χ4v) is 1.31. The number of rotatable bonds is 1. The van der Waals surface area contributed by atoms with Gasteiger partial charge in [0.2, 0.25) is 0 Å². The van der Waals surface area contributed by atoms with Crippen molar-refractivity contribution >= 4 is 13.5 Å². The molecule has 0 radical (unpaired) electrons. The Kier molecular flexibility index (Phi) is 5.80. The predicted molar refractivity (Wildman–Crippen MR) is 50.3 cm³/mol. The van der Waals surface area contributed by atoms with Crippen LogP contribution < -0.4 is 0 Å². The Labute approximate surface area is 81.9 Å². The largest absolute Gasteiger partial charge is 0.673 e. The Bertz CT molecular complexity index is 174. The van der Waals surface area contributed by atoms with Gasteiger partial charge in [0.15, 0.2) is 0 Å². The molecule has 6 heteroatoms. The standard InChI is InChI=1S/C8H16N.BF4/c1-8(2)7-9-5-3-4-6-9;2-1(3,4)5/h7-8H,3-6H2,1-2H3;/q+1;-1. The van der Waals surface area contributed by atoms with Crippen molar-refractivity contribution in [2.75, 3.05) is 13.1 Å². The van der Waals surface area contributed by atoms with Crippen LogP contribution in [-0.2, 0) is 0 Å². The van der Waals surface area contributed by atoms with E-state index in [2.05, 4.69) is 24.6 Å². The van der Waals surface area contributed by atoms with Crippen LogP contribution in [0.25, 0.3) is 0 Å². The second-order valence-electron chi connectivity index (χ2n) is 3.63. The van der Waals surface area contributed by atoms with Crippen molar-refractivity contribution < 1.29 is 21.8 Å². The summed E-state index contributed by atoms with van der Waals surface area (Å²) in [6.45, 7) is 7.05. The van der Waals surface area contributed by atoms with Crippen LogP contribution in [0.5, 0.6) is 0 Å². The highest BCUT2D eigenvalue weighted by atomic mass is 19.5. The molecule has 0 aromatic rings. The van der Waals surface area contributed by atoms with E-state index >= 15 is 0 Å². The van der Waals surface area contributed by atoms with Gasteiger partial charge in [0.05, 0.1) is 0 Å². The van der Waals surface area contributed by atoms with Gasteiger partial charge in [-0.3, -0.25) is 0 Å². The topological polar surface area (TPSA) is 3.01 Å². The van der Waals surface area contributed by atoms with Crippen LogP contribution >= 0.6 is 0 Å². The van der Waals surface area contributed by atoms with Gasteiger partial charge in [-0.1, -0.05) is 13.8 Å². The van der Waals surface area contributed by atoms with E-state index < -0.39 is 7.25 Å². The van der Waals surface area contributed by atoms with E-state index in [-0.39, 0.29) is 0 Å². The minimum Gasteiger partial charge on any atom is -0.418 e. The Morgan fingerprint density at radius 1 is 1.07 bits per heavy atom. The first-order valence-corrected chi connectivity index (χ1v) is 4.75. The molecule has 1 aliphatic rings. The SMILES string of the molecule is CC(C)C=[N+]1CCCC1.F[B-](F)(F)F. The van der Waals surface area contributed by atoms with Gasteiger partial charge in [-0.05, 0) is 0 Å². The molecule has 0 aromatic heterocycles.